The summed E-state index contributed by atoms with van der Waals surface area (Å²) in [5.74, 6) is 3.30. The summed E-state index contributed by atoms with van der Waals surface area (Å²) in [7, 11) is 7.20. The van der Waals surface area contributed by atoms with E-state index in [-0.39, 0.29) is 11.8 Å². The molecule has 236 valence electrons. The minimum atomic E-state index is -0.0221. The molecule has 3 aromatic heterocycles. The lowest BCUT2D eigenvalue weighted by atomic mass is 10.0. The standard InChI is InChI=1S/C37H40N6O3/c1-21-26-13-15-30(21)43(20-26)37(45)27-16-29-33(32(18-27)46-5)41(4)35(39-29)31-17-25-12-14-28(38-34(25)42(31)19-22-6-7-22)23-8-10-24(11-9-23)36(44)40(2)3/h8-12,14,16-18,21-22,26,30H,6-7,13,15,19-20H2,1-5H3/t21-,26?,30?/m1/s1. The number of pyridine rings is 1. The predicted octanol–water partition coefficient (Wildman–Crippen LogP) is 6.25. The first-order valence-electron chi connectivity index (χ1n) is 16.4. The van der Waals surface area contributed by atoms with Gasteiger partial charge in [-0.05, 0) is 85.9 Å². The van der Waals surface area contributed by atoms with Crippen LogP contribution in [0.1, 0.15) is 53.3 Å². The average Bonchev–Trinajstić information content (AvgIpc) is 3.47. The zero-order valence-corrected chi connectivity index (χ0v) is 27.2. The van der Waals surface area contributed by atoms with Gasteiger partial charge in [0.1, 0.15) is 16.9 Å². The molecule has 1 saturated heterocycles. The molecule has 2 unspecified atom stereocenters. The highest BCUT2D eigenvalue weighted by molar-refractivity contribution is 6.00. The Kier molecular flexibility index (Phi) is 6.70. The van der Waals surface area contributed by atoms with Crippen molar-refractivity contribution in [2.75, 3.05) is 27.7 Å². The summed E-state index contributed by atoms with van der Waals surface area (Å²) in [6.07, 6.45) is 4.72. The number of piperidine rings is 1. The molecule has 2 bridgehead atoms. The van der Waals surface area contributed by atoms with E-state index in [1.54, 1.807) is 26.1 Å². The van der Waals surface area contributed by atoms with Crippen molar-refractivity contribution in [3.05, 3.63) is 65.7 Å². The number of benzene rings is 2. The summed E-state index contributed by atoms with van der Waals surface area (Å²) in [6.45, 7) is 3.99. The first-order chi connectivity index (χ1) is 22.2. The quantitative estimate of drug-likeness (QED) is 0.216. The summed E-state index contributed by atoms with van der Waals surface area (Å²) in [4.78, 5) is 40.2. The summed E-state index contributed by atoms with van der Waals surface area (Å²) in [6, 6.07) is 18.1. The van der Waals surface area contributed by atoms with Gasteiger partial charge in [-0.25, -0.2) is 9.97 Å². The fraction of sp³-hybridized carbons (Fsp3) is 0.405. The smallest absolute Gasteiger partial charge is 0.254 e. The third kappa shape index (κ3) is 4.58. The lowest BCUT2D eigenvalue weighted by Gasteiger charge is -2.27. The number of rotatable bonds is 7. The molecule has 2 aromatic carbocycles. The number of carbonyl (C=O) groups is 2. The number of fused-ring (bicyclic) bond motifs is 4. The molecule has 3 atom stereocenters. The number of hydrogen-bond acceptors (Lipinski definition) is 5. The van der Waals surface area contributed by atoms with Crippen molar-refractivity contribution in [2.45, 2.75) is 45.2 Å². The SMILES string of the molecule is COc1cc(C(=O)N2CC3CCC2[C@@H]3C)cc2nc(-c3cc4ccc(-c5ccc(C(=O)N(C)C)cc5)nc4n3CC3CC3)n(C)c12. The van der Waals surface area contributed by atoms with Crippen molar-refractivity contribution in [2.24, 2.45) is 24.8 Å². The number of carbonyl (C=O) groups excluding carboxylic acids is 2. The third-order valence-electron chi connectivity index (χ3n) is 10.6. The Morgan fingerprint density at radius 2 is 1.74 bits per heavy atom. The van der Waals surface area contributed by atoms with Crippen LogP contribution in [0.3, 0.4) is 0 Å². The van der Waals surface area contributed by atoms with Crippen LogP contribution in [0.25, 0.3) is 44.8 Å². The van der Waals surface area contributed by atoms with Gasteiger partial charge in [-0.15, -0.1) is 0 Å². The Morgan fingerprint density at radius 1 is 0.957 bits per heavy atom. The second kappa shape index (κ2) is 10.7. The molecule has 5 aromatic rings. The van der Waals surface area contributed by atoms with Crippen LogP contribution >= 0.6 is 0 Å². The van der Waals surface area contributed by atoms with Crippen LogP contribution in [-0.4, -0.2) is 74.5 Å². The van der Waals surface area contributed by atoms with Gasteiger partial charge < -0.3 is 23.7 Å². The minimum absolute atomic E-state index is 0.0221. The number of nitrogens with zero attached hydrogens (tertiary/aromatic N) is 6. The Labute approximate surface area is 268 Å². The zero-order valence-electron chi connectivity index (χ0n) is 27.2. The molecule has 2 amide bonds. The van der Waals surface area contributed by atoms with E-state index in [0.717, 1.165) is 64.4 Å². The topological polar surface area (TPSA) is 85.5 Å². The van der Waals surface area contributed by atoms with Crippen molar-refractivity contribution >= 4 is 33.9 Å². The molecule has 9 nitrogen and oxygen atoms in total. The molecule has 2 saturated carbocycles. The number of amides is 2. The molecular weight excluding hydrogens is 576 g/mol. The fourth-order valence-corrected chi connectivity index (χ4v) is 7.79. The Bertz CT molecular complexity index is 2020. The van der Waals surface area contributed by atoms with Crippen molar-refractivity contribution < 1.29 is 14.3 Å². The Hall–Kier alpha value is -4.66. The number of aryl methyl sites for hydroxylation is 1. The normalized spacial score (nSPS) is 20.6. The van der Waals surface area contributed by atoms with Crippen LogP contribution in [0.2, 0.25) is 0 Å². The predicted molar refractivity (Wildman–Crippen MR) is 179 cm³/mol. The molecule has 8 rings (SSSR count). The van der Waals surface area contributed by atoms with E-state index < -0.39 is 0 Å². The van der Waals surface area contributed by atoms with Gasteiger partial charge in [-0.1, -0.05) is 19.1 Å². The van der Waals surface area contributed by atoms with Gasteiger partial charge in [-0.3, -0.25) is 9.59 Å². The maximum atomic E-state index is 13.8. The van der Waals surface area contributed by atoms with Gasteiger partial charge >= 0.3 is 0 Å². The second-order valence-electron chi connectivity index (χ2n) is 13.7. The average molecular weight is 617 g/mol. The highest BCUT2D eigenvalue weighted by Crippen LogP contribution is 2.44. The number of ether oxygens (including phenoxy) is 1. The lowest BCUT2D eigenvalue weighted by molar-refractivity contribution is 0.0695. The molecule has 2 aliphatic carbocycles. The van der Waals surface area contributed by atoms with Gasteiger partial charge in [-0.2, -0.15) is 0 Å². The van der Waals surface area contributed by atoms with Crippen molar-refractivity contribution in [1.82, 2.24) is 28.9 Å². The molecule has 3 aliphatic rings. The monoisotopic (exact) mass is 616 g/mol. The largest absolute Gasteiger partial charge is 0.494 e. The number of aromatic nitrogens is 4. The van der Waals surface area contributed by atoms with Gasteiger partial charge in [0.15, 0.2) is 5.82 Å². The first-order valence-corrected chi connectivity index (χ1v) is 16.4. The van der Waals surface area contributed by atoms with Crippen molar-refractivity contribution in [3.63, 3.8) is 0 Å². The van der Waals surface area contributed by atoms with Crippen LogP contribution in [0.4, 0.5) is 0 Å². The number of likely N-dealkylation sites (tertiary alicyclic amines) is 1. The number of hydrogen-bond donors (Lipinski definition) is 0. The summed E-state index contributed by atoms with van der Waals surface area (Å²) < 4.78 is 10.3. The van der Waals surface area contributed by atoms with E-state index in [2.05, 4.69) is 33.1 Å². The van der Waals surface area contributed by atoms with Gasteiger partial charge in [0.2, 0.25) is 0 Å². The maximum Gasteiger partial charge on any atom is 0.254 e. The molecule has 9 heteroatoms. The van der Waals surface area contributed by atoms with Crippen LogP contribution in [0.15, 0.2) is 54.6 Å². The number of methoxy groups -OCH3 is 1. The van der Waals surface area contributed by atoms with Crippen molar-refractivity contribution in [3.8, 4) is 28.5 Å². The third-order valence-corrected chi connectivity index (χ3v) is 10.6. The van der Waals surface area contributed by atoms with Crippen LogP contribution < -0.4 is 4.74 Å². The van der Waals surface area contributed by atoms with Gasteiger partial charge in [0.25, 0.3) is 11.8 Å². The summed E-state index contributed by atoms with van der Waals surface area (Å²) in [5, 5.41) is 1.05. The maximum absolute atomic E-state index is 13.8. The molecule has 0 spiro atoms. The first kappa shape index (κ1) is 28.8. The van der Waals surface area contributed by atoms with Crippen LogP contribution in [0.5, 0.6) is 5.75 Å². The molecule has 3 fully saturated rings. The lowest BCUT2D eigenvalue weighted by Crippen LogP contribution is -2.38. The van der Waals surface area contributed by atoms with E-state index >= 15 is 0 Å². The zero-order chi connectivity index (χ0) is 31.9. The second-order valence-corrected chi connectivity index (χ2v) is 13.7. The summed E-state index contributed by atoms with van der Waals surface area (Å²) in [5.41, 5.74) is 6.65. The highest BCUT2D eigenvalue weighted by atomic mass is 16.5. The molecule has 1 aliphatic heterocycles. The Balaban J connectivity index is 1.20. The van der Waals surface area contributed by atoms with Gasteiger partial charge in [0, 0.05) is 62.4 Å². The minimum Gasteiger partial charge on any atom is -0.494 e. The van der Waals surface area contributed by atoms with E-state index in [1.807, 2.05) is 49.5 Å². The highest BCUT2D eigenvalue weighted by Gasteiger charge is 2.46. The molecule has 0 N–H and O–H groups in total. The van der Waals surface area contributed by atoms with E-state index in [4.69, 9.17) is 14.7 Å². The van der Waals surface area contributed by atoms with E-state index in [0.29, 0.717) is 40.7 Å². The van der Waals surface area contributed by atoms with Crippen molar-refractivity contribution in [1.29, 1.82) is 0 Å². The Morgan fingerprint density at radius 3 is 2.39 bits per heavy atom. The number of imidazole rings is 1. The summed E-state index contributed by atoms with van der Waals surface area (Å²) >= 11 is 0. The van der Waals surface area contributed by atoms with E-state index in [1.165, 1.54) is 19.3 Å². The van der Waals surface area contributed by atoms with Crippen LogP contribution in [0, 0.1) is 17.8 Å². The fourth-order valence-electron chi connectivity index (χ4n) is 7.79. The molecule has 46 heavy (non-hydrogen) atoms. The van der Waals surface area contributed by atoms with Gasteiger partial charge in [0.05, 0.1) is 24.0 Å². The molecule has 4 heterocycles. The molecule has 0 radical (unpaired) electrons. The van der Waals surface area contributed by atoms with E-state index in [9.17, 15) is 9.59 Å². The van der Waals surface area contributed by atoms with Crippen LogP contribution in [-0.2, 0) is 13.6 Å². The molecular formula is C37H40N6O3.